The van der Waals surface area contributed by atoms with E-state index in [1.165, 1.54) is 6.92 Å². The number of carboxylic acids is 1. The number of aliphatic carboxylic acids is 1. The molecule has 0 aromatic rings. The molecule has 0 rings (SSSR count). The van der Waals surface area contributed by atoms with Gasteiger partial charge in [-0.25, -0.2) is 4.79 Å². The van der Waals surface area contributed by atoms with E-state index in [4.69, 9.17) is 5.73 Å². The number of nitrogens with two attached hydrogens (primary N) is 1. The first-order chi connectivity index (χ1) is 22.0. The predicted molar refractivity (Wildman–Crippen MR) is 171 cm³/mol. The minimum Gasteiger partial charge on any atom is -0.480 e. The molecule has 0 saturated heterocycles. The Kier molecular flexibility index (Phi) is 20.8. The molecule has 17 heteroatoms. The van der Waals surface area contributed by atoms with Crippen molar-refractivity contribution in [2.24, 2.45) is 17.6 Å². The van der Waals surface area contributed by atoms with Crippen molar-refractivity contribution in [1.82, 2.24) is 31.9 Å². The summed E-state index contributed by atoms with van der Waals surface area (Å²) in [4.78, 5) is 88.2. The summed E-state index contributed by atoms with van der Waals surface area (Å²) in [5.74, 6) is -6.54. The van der Waals surface area contributed by atoms with E-state index < -0.39 is 103 Å². The van der Waals surface area contributed by atoms with Crippen LogP contribution >= 0.6 is 0 Å². The monoisotopic (exact) mass is 673 g/mol. The third kappa shape index (κ3) is 16.0. The van der Waals surface area contributed by atoms with Gasteiger partial charge < -0.3 is 53.0 Å². The molecule has 0 spiro atoms. The van der Waals surface area contributed by atoms with Gasteiger partial charge in [-0.15, -0.1) is 0 Å². The van der Waals surface area contributed by atoms with Gasteiger partial charge in [-0.1, -0.05) is 41.0 Å². The zero-order chi connectivity index (χ0) is 36.3. The molecule has 0 aromatic carbocycles. The highest BCUT2D eigenvalue weighted by atomic mass is 16.4. The van der Waals surface area contributed by atoms with Gasteiger partial charge in [0.05, 0.1) is 19.3 Å². The molecule has 17 nitrogen and oxygen atoms in total. The molecule has 0 bridgehead atoms. The Balaban J connectivity index is 5.61. The maximum atomic E-state index is 13.3. The fourth-order valence-electron chi connectivity index (χ4n) is 4.35. The SMILES string of the molecule is CCCC(=O)NC(CO)C(=O)NC(C(=O)NC(C(=O)NCC(=O)NC(CCCCN)C(=O)NC(C(=O)O)C(C)O)C(C)CC)C(C)C. The smallest absolute Gasteiger partial charge is 0.328 e. The lowest BCUT2D eigenvalue weighted by Gasteiger charge is -2.29. The number of carbonyl (C=O) groups excluding carboxylic acids is 6. The number of aliphatic hydroxyl groups is 2. The lowest BCUT2D eigenvalue weighted by molar-refractivity contribution is -0.145. The largest absolute Gasteiger partial charge is 0.480 e. The molecule has 7 unspecified atom stereocenters. The van der Waals surface area contributed by atoms with Crippen LogP contribution in [-0.2, 0) is 33.6 Å². The number of hydrogen-bond acceptors (Lipinski definition) is 10. The zero-order valence-electron chi connectivity index (χ0n) is 28.3. The Morgan fingerprint density at radius 1 is 0.702 bits per heavy atom. The second kappa shape index (κ2) is 22.7. The summed E-state index contributed by atoms with van der Waals surface area (Å²) in [7, 11) is 0. The van der Waals surface area contributed by atoms with Crippen LogP contribution in [0.2, 0.25) is 0 Å². The van der Waals surface area contributed by atoms with Crippen LogP contribution < -0.4 is 37.6 Å². The number of carbonyl (C=O) groups is 7. The predicted octanol–water partition coefficient (Wildman–Crippen LogP) is -2.38. The van der Waals surface area contributed by atoms with Gasteiger partial charge >= 0.3 is 5.97 Å². The second-order valence-corrected chi connectivity index (χ2v) is 11.8. The number of carboxylic acid groups (broad SMARTS) is 1. The van der Waals surface area contributed by atoms with Crippen LogP contribution in [0.4, 0.5) is 0 Å². The molecule has 270 valence electrons. The third-order valence-corrected chi connectivity index (χ3v) is 7.42. The van der Waals surface area contributed by atoms with Gasteiger partial charge in [-0.2, -0.15) is 0 Å². The molecule has 0 fully saturated rings. The van der Waals surface area contributed by atoms with Gasteiger partial charge in [-0.3, -0.25) is 28.8 Å². The van der Waals surface area contributed by atoms with Gasteiger partial charge in [0, 0.05) is 6.42 Å². The Bertz CT molecular complexity index is 1060. The lowest BCUT2D eigenvalue weighted by atomic mass is 9.96. The quantitative estimate of drug-likeness (QED) is 0.0511. The van der Waals surface area contributed by atoms with E-state index in [1.807, 2.05) is 0 Å². The molecule has 0 aliphatic rings. The van der Waals surface area contributed by atoms with E-state index in [9.17, 15) is 48.9 Å². The Morgan fingerprint density at radius 3 is 1.74 bits per heavy atom. The minimum absolute atomic E-state index is 0.113. The van der Waals surface area contributed by atoms with E-state index in [-0.39, 0.29) is 12.8 Å². The van der Waals surface area contributed by atoms with Crippen LogP contribution in [0.5, 0.6) is 0 Å². The van der Waals surface area contributed by atoms with Crippen molar-refractivity contribution in [1.29, 1.82) is 0 Å². The topological polar surface area (TPSA) is 278 Å². The fourth-order valence-corrected chi connectivity index (χ4v) is 4.35. The van der Waals surface area contributed by atoms with E-state index in [0.29, 0.717) is 32.2 Å². The van der Waals surface area contributed by atoms with Gasteiger partial charge in [0.1, 0.15) is 24.2 Å². The summed E-state index contributed by atoms with van der Waals surface area (Å²) in [5, 5.41) is 43.3. The molecule has 47 heavy (non-hydrogen) atoms. The van der Waals surface area contributed by atoms with Crippen molar-refractivity contribution in [3.63, 3.8) is 0 Å². The maximum Gasteiger partial charge on any atom is 0.328 e. The van der Waals surface area contributed by atoms with Crippen molar-refractivity contribution in [3.05, 3.63) is 0 Å². The van der Waals surface area contributed by atoms with Gasteiger partial charge in [-0.05, 0) is 51.0 Å². The maximum absolute atomic E-state index is 13.3. The summed E-state index contributed by atoms with van der Waals surface area (Å²) < 4.78 is 0. The van der Waals surface area contributed by atoms with E-state index in [2.05, 4.69) is 31.9 Å². The van der Waals surface area contributed by atoms with E-state index >= 15 is 0 Å². The van der Waals surface area contributed by atoms with Gasteiger partial charge in [0.2, 0.25) is 35.4 Å². The van der Waals surface area contributed by atoms with Crippen molar-refractivity contribution in [2.75, 3.05) is 19.7 Å². The van der Waals surface area contributed by atoms with Gasteiger partial charge in [0.25, 0.3) is 0 Å². The van der Waals surface area contributed by atoms with E-state index in [1.54, 1.807) is 34.6 Å². The first-order valence-electron chi connectivity index (χ1n) is 16.0. The molecule has 0 aliphatic carbocycles. The molecule has 0 aliphatic heterocycles. The molecule has 0 heterocycles. The number of aliphatic hydroxyl groups excluding tert-OH is 2. The highest BCUT2D eigenvalue weighted by Gasteiger charge is 2.34. The van der Waals surface area contributed by atoms with Crippen LogP contribution in [0.15, 0.2) is 0 Å². The Labute approximate surface area is 275 Å². The molecule has 11 N–H and O–H groups in total. The van der Waals surface area contributed by atoms with Crippen molar-refractivity contribution < 1.29 is 48.9 Å². The summed E-state index contributed by atoms with van der Waals surface area (Å²) in [6.07, 6.45) is 0.794. The third-order valence-electron chi connectivity index (χ3n) is 7.42. The molecule has 6 amide bonds. The van der Waals surface area contributed by atoms with Crippen LogP contribution in [0.3, 0.4) is 0 Å². The van der Waals surface area contributed by atoms with Crippen LogP contribution in [0.1, 0.15) is 80.1 Å². The van der Waals surface area contributed by atoms with Crippen molar-refractivity contribution >= 4 is 41.4 Å². The highest BCUT2D eigenvalue weighted by molar-refractivity contribution is 5.96. The lowest BCUT2D eigenvalue weighted by Crippen LogP contribution is -2.60. The normalized spacial score (nSPS) is 15.5. The van der Waals surface area contributed by atoms with Crippen LogP contribution in [-0.4, -0.2) is 113 Å². The van der Waals surface area contributed by atoms with Crippen LogP contribution in [0, 0.1) is 11.8 Å². The number of nitrogens with one attached hydrogen (secondary N) is 6. The standard InChI is InChI=1S/C30H55N7O10/c1-7-11-21(40)34-20(15-38)27(43)35-23(16(3)4)29(45)36-24(17(5)8-2)28(44)32-14-22(41)33-19(12-9-10-13-31)26(42)37-25(18(6)39)30(46)47/h16-20,23-25,38-39H,7-15,31H2,1-6H3,(H,32,44)(H,33,41)(H,34,40)(H,35,43)(H,36,45)(H,37,42)(H,46,47). The van der Waals surface area contributed by atoms with Crippen molar-refractivity contribution in [2.45, 2.75) is 116 Å². The number of rotatable bonds is 23. The molecule has 0 saturated carbocycles. The second-order valence-electron chi connectivity index (χ2n) is 11.8. The molecule has 7 atom stereocenters. The first kappa shape index (κ1) is 43.2. The summed E-state index contributed by atoms with van der Waals surface area (Å²) in [6, 6.07) is -6.32. The number of hydrogen-bond donors (Lipinski definition) is 10. The first-order valence-corrected chi connectivity index (χ1v) is 16.0. The molecule has 0 radical (unpaired) electrons. The Hall–Kier alpha value is -3.83. The van der Waals surface area contributed by atoms with Crippen LogP contribution in [0.25, 0.3) is 0 Å². The molecular weight excluding hydrogens is 618 g/mol. The average molecular weight is 674 g/mol. The molecule has 0 aromatic heterocycles. The summed E-state index contributed by atoms with van der Waals surface area (Å²) >= 11 is 0. The number of amides is 6. The zero-order valence-corrected chi connectivity index (χ0v) is 28.3. The average Bonchev–Trinajstić information content (AvgIpc) is 3.01. The van der Waals surface area contributed by atoms with Gasteiger partial charge in [0.15, 0.2) is 6.04 Å². The minimum atomic E-state index is -1.61. The fraction of sp³-hybridized carbons (Fsp3) is 0.767. The highest BCUT2D eigenvalue weighted by Crippen LogP contribution is 2.11. The molecular formula is C30H55N7O10. The summed E-state index contributed by atoms with van der Waals surface area (Å²) in [5.41, 5.74) is 5.52. The van der Waals surface area contributed by atoms with Crippen molar-refractivity contribution in [3.8, 4) is 0 Å². The Morgan fingerprint density at radius 2 is 1.26 bits per heavy atom. The summed E-state index contributed by atoms with van der Waals surface area (Å²) in [6.45, 7) is 8.85. The number of unbranched alkanes of at least 4 members (excludes halogenated alkanes) is 1. The van der Waals surface area contributed by atoms with E-state index in [0.717, 1.165) is 0 Å².